The van der Waals surface area contributed by atoms with Crippen molar-refractivity contribution in [3.05, 3.63) is 29.8 Å². The molecule has 3 nitrogen and oxygen atoms in total. The number of benzene rings is 1. The second-order valence-electron chi connectivity index (χ2n) is 5.61. The van der Waals surface area contributed by atoms with Crippen LogP contribution in [-0.4, -0.2) is 31.1 Å². The number of nitrogens with zero attached hydrogens (tertiary/aromatic N) is 1. The first-order valence-electron chi connectivity index (χ1n) is 7.63. The van der Waals surface area contributed by atoms with Gasteiger partial charge in [-0.2, -0.15) is 8.78 Å². The Labute approximate surface area is 125 Å². The zero-order valence-corrected chi connectivity index (χ0v) is 12.5. The zero-order chi connectivity index (χ0) is 15.2. The van der Waals surface area contributed by atoms with Crippen LogP contribution in [0.15, 0.2) is 24.3 Å². The molecule has 0 aliphatic carbocycles. The molecule has 5 heteroatoms. The van der Waals surface area contributed by atoms with Gasteiger partial charge in [-0.25, -0.2) is 0 Å². The van der Waals surface area contributed by atoms with Crippen LogP contribution >= 0.6 is 0 Å². The van der Waals surface area contributed by atoms with E-state index in [1.807, 2.05) is 12.1 Å². The first-order valence-corrected chi connectivity index (χ1v) is 7.63. The minimum absolute atomic E-state index is 0.0539. The number of para-hydroxylation sites is 1. The summed E-state index contributed by atoms with van der Waals surface area (Å²) in [6, 6.07) is 6.92. The lowest BCUT2D eigenvalue weighted by atomic mass is 10.0. The number of halogens is 2. The Balaban J connectivity index is 2.14. The lowest BCUT2D eigenvalue weighted by Crippen LogP contribution is -2.32. The monoisotopic (exact) mass is 298 g/mol. The minimum Gasteiger partial charge on any atom is -0.434 e. The van der Waals surface area contributed by atoms with Gasteiger partial charge in [0.25, 0.3) is 0 Å². The van der Waals surface area contributed by atoms with Gasteiger partial charge in [-0.3, -0.25) is 4.90 Å². The highest BCUT2D eigenvalue weighted by Crippen LogP contribution is 2.34. The summed E-state index contributed by atoms with van der Waals surface area (Å²) in [6.07, 6.45) is 3.54. The van der Waals surface area contributed by atoms with E-state index in [-0.39, 0.29) is 11.8 Å². The lowest BCUT2D eigenvalue weighted by Gasteiger charge is -2.28. The predicted molar refractivity (Wildman–Crippen MR) is 79.5 cm³/mol. The summed E-state index contributed by atoms with van der Waals surface area (Å²) >= 11 is 0. The normalized spacial score (nSPS) is 20.9. The van der Waals surface area contributed by atoms with Crippen LogP contribution < -0.4 is 10.5 Å². The van der Waals surface area contributed by atoms with Gasteiger partial charge in [0.2, 0.25) is 0 Å². The molecule has 0 saturated carbocycles. The largest absolute Gasteiger partial charge is 0.434 e. The maximum absolute atomic E-state index is 12.5. The first kappa shape index (κ1) is 16.2. The van der Waals surface area contributed by atoms with E-state index in [0.717, 1.165) is 25.1 Å². The standard InChI is InChI=1S/C16H24F2N2O/c1-2-5-12-8-9-20(11-12)14(10-19)13-6-3-4-7-15(13)21-16(17)18/h3-4,6-7,12,14,16H,2,5,8-11,19H2,1H3. The Bertz CT molecular complexity index is 442. The fraction of sp³-hybridized carbons (Fsp3) is 0.625. The topological polar surface area (TPSA) is 38.5 Å². The van der Waals surface area contributed by atoms with Crippen molar-refractivity contribution in [1.82, 2.24) is 4.90 Å². The number of ether oxygens (including phenoxy) is 1. The van der Waals surface area contributed by atoms with E-state index >= 15 is 0 Å². The van der Waals surface area contributed by atoms with Crippen molar-refractivity contribution in [3.63, 3.8) is 0 Å². The van der Waals surface area contributed by atoms with E-state index in [4.69, 9.17) is 5.73 Å². The van der Waals surface area contributed by atoms with Gasteiger partial charge >= 0.3 is 6.61 Å². The van der Waals surface area contributed by atoms with Crippen molar-refractivity contribution in [2.24, 2.45) is 11.7 Å². The van der Waals surface area contributed by atoms with Gasteiger partial charge in [-0.05, 0) is 31.4 Å². The summed E-state index contributed by atoms with van der Waals surface area (Å²) in [5.74, 6) is 0.925. The van der Waals surface area contributed by atoms with E-state index in [9.17, 15) is 8.78 Å². The van der Waals surface area contributed by atoms with Crippen molar-refractivity contribution in [3.8, 4) is 5.75 Å². The van der Waals surface area contributed by atoms with Crippen LogP contribution in [0, 0.1) is 5.92 Å². The predicted octanol–water partition coefficient (Wildman–Crippen LogP) is 3.41. The van der Waals surface area contributed by atoms with Crippen molar-refractivity contribution in [2.75, 3.05) is 19.6 Å². The van der Waals surface area contributed by atoms with Crippen molar-refractivity contribution >= 4 is 0 Å². The Hall–Kier alpha value is -1.20. The smallest absolute Gasteiger partial charge is 0.387 e. The second kappa shape index (κ2) is 7.71. The summed E-state index contributed by atoms with van der Waals surface area (Å²) < 4.78 is 29.7. The van der Waals surface area contributed by atoms with E-state index in [2.05, 4.69) is 16.6 Å². The number of hydrogen-bond donors (Lipinski definition) is 1. The van der Waals surface area contributed by atoms with E-state index in [1.54, 1.807) is 12.1 Å². The van der Waals surface area contributed by atoms with Crippen molar-refractivity contribution in [1.29, 1.82) is 0 Å². The number of alkyl halides is 2. The molecule has 1 aliphatic rings. The van der Waals surface area contributed by atoms with Gasteiger partial charge in [0.1, 0.15) is 5.75 Å². The van der Waals surface area contributed by atoms with Gasteiger partial charge in [-0.1, -0.05) is 31.5 Å². The third kappa shape index (κ3) is 4.14. The van der Waals surface area contributed by atoms with Gasteiger partial charge in [0, 0.05) is 18.7 Å². The molecule has 0 bridgehead atoms. The molecule has 2 rings (SSSR count). The van der Waals surface area contributed by atoms with Gasteiger partial charge in [0.05, 0.1) is 6.04 Å². The molecule has 1 saturated heterocycles. The van der Waals surface area contributed by atoms with Gasteiger partial charge < -0.3 is 10.5 Å². The van der Waals surface area contributed by atoms with E-state index in [0.29, 0.717) is 12.5 Å². The first-order chi connectivity index (χ1) is 10.2. The van der Waals surface area contributed by atoms with Crippen LogP contribution in [0.5, 0.6) is 5.75 Å². The van der Waals surface area contributed by atoms with E-state index < -0.39 is 6.61 Å². The molecule has 2 atom stereocenters. The SMILES string of the molecule is CCCC1CCN(C(CN)c2ccccc2OC(F)F)C1. The fourth-order valence-electron chi connectivity index (χ4n) is 3.22. The molecule has 2 N–H and O–H groups in total. The molecule has 1 heterocycles. The highest BCUT2D eigenvalue weighted by molar-refractivity contribution is 5.36. The fourth-order valence-corrected chi connectivity index (χ4v) is 3.22. The highest BCUT2D eigenvalue weighted by atomic mass is 19.3. The molecular formula is C16H24F2N2O. The van der Waals surface area contributed by atoms with Gasteiger partial charge in [-0.15, -0.1) is 0 Å². The maximum Gasteiger partial charge on any atom is 0.387 e. The molecule has 1 fully saturated rings. The Morgan fingerprint density at radius 2 is 2.14 bits per heavy atom. The Kier molecular flexibility index (Phi) is 5.94. The molecule has 0 spiro atoms. The molecule has 21 heavy (non-hydrogen) atoms. The summed E-state index contributed by atoms with van der Waals surface area (Å²) in [5.41, 5.74) is 6.68. The summed E-state index contributed by atoms with van der Waals surface area (Å²) in [4.78, 5) is 2.30. The molecule has 0 aromatic heterocycles. The number of nitrogens with two attached hydrogens (primary N) is 1. The molecular weight excluding hydrogens is 274 g/mol. The Morgan fingerprint density at radius 1 is 1.38 bits per heavy atom. The van der Waals surface area contributed by atoms with Crippen LogP contribution in [0.4, 0.5) is 8.78 Å². The van der Waals surface area contributed by atoms with E-state index in [1.165, 1.54) is 12.8 Å². The van der Waals surface area contributed by atoms with Crippen LogP contribution in [0.25, 0.3) is 0 Å². The molecule has 1 aromatic carbocycles. The minimum atomic E-state index is -2.81. The third-order valence-electron chi connectivity index (χ3n) is 4.17. The molecule has 0 amide bonds. The van der Waals surface area contributed by atoms with Crippen molar-refractivity contribution < 1.29 is 13.5 Å². The summed E-state index contributed by atoms with van der Waals surface area (Å²) in [6.45, 7) is 1.74. The second-order valence-corrected chi connectivity index (χ2v) is 5.61. The molecule has 1 aromatic rings. The Morgan fingerprint density at radius 3 is 2.81 bits per heavy atom. The zero-order valence-electron chi connectivity index (χ0n) is 12.5. The highest BCUT2D eigenvalue weighted by Gasteiger charge is 2.29. The average molecular weight is 298 g/mol. The number of likely N-dealkylation sites (tertiary alicyclic amines) is 1. The van der Waals surface area contributed by atoms with Crippen LogP contribution in [0.1, 0.15) is 37.8 Å². The maximum atomic E-state index is 12.5. The molecule has 118 valence electrons. The molecule has 2 unspecified atom stereocenters. The third-order valence-corrected chi connectivity index (χ3v) is 4.17. The molecule has 1 aliphatic heterocycles. The van der Waals surface area contributed by atoms with Gasteiger partial charge in [0.15, 0.2) is 0 Å². The molecule has 0 radical (unpaired) electrons. The van der Waals surface area contributed by atoms with Crippen LogP contribution in [-0.2, 0) is 0 Å². The summed E-state index contributed by atoms with van der Waals surface area (Å²) in [7, 11) is 0. The van der Waals surface area contributed by atoms with Crippen LogP contribution in [0.3, 0.4) is 0 Å². The quantitative estimate of drug-likeness (QED) is 0.838. The number of hydrogen-bond acceptors (Lipinski definition) is 3. The van der Waals surface area contributed by atoms with Crippen LogP contribution in [0.2, 0.25) is 0 Å². The lowest BCUT2D eigenvalue weighted by molar-refractivity contribution is -0.0511. The summed E-state index contributed by atoms with van der Waals surface area (Å²) in [5, 5.41) is 0. The average Bonchev–Trinajstić information content (AvgIpc) is 2.90. The number of rotatable bonds is 7. The van der Waals surface area contributed by atoms with Crippen molar-refractivity contribution in [2.45, 2.75) is 38.8 Å².